The summed E-state index contributed by atoms with van der Waals surface area (Å²) in [5.74, 6) is 3.01. The maximum atomic E-state index is 13.3. The van der Waals surface area contributed by atoms with Crippen LogP contribution in [0.15, 0.2) is 17.3 Å². The van der Waals surface area contributed by atoms with Gasteiger partial charge in [-0.3, -0.25) is 9.59 Å². The smallest absolute Gasteiger partial charge is 0.139 e. The SMILES string of the molecule is C[C@]12CC[C@H](/C=C\CCN=[N+]=[N-])CC1C(=O)C[C@@H]1[C@@H]2CC[C@]2(C)C(=O)CC[C@@H]12. The predicted molar refractivity (Wildman–Crippen MR) is 108 cm³/mol. The van der Waals surface area contributed by atoms with Crippen molar-refractivity contribution in [2.24, 2.45) is 45.5 Å². The summed E-state index contributed by atoms with van der Waals surface area (Å²) < 4.78 is 0. The van der Waals surface area contributed by atoms with E-state index in [-0.39, 0.29) is 16.7 Å². The van der Waals surface area contributed by atoms with Gasteiger partial charge in [0, 0.05) is 35.6 Å². The van der Waals surface area contributed by atoms with Gasteiger partial charge in [-0.15, -0.1) is 0 Å². The molecular formula is C23H33N3O2. The number of azide groups is 1. The van der Waals surface area contributed by atoms with Gasteiger partial charge in [0.2, 0.25) is 0 Å². The Morgan fingerprint density at radius 1 is 1.18 bits per heavy atom. The Morgan fingerprint density at radius 2 is 2.00 bits per heavy atom. The van der Waals surface area contributed by atoms with Gasteiger partial charge in [-0.25, -0.2) is 0 Å². The third-order valence-corrected chi connectivity index (χ3v) is 9.07. The van der Waals surface area contributed by atoms with E-state index in [2.05, 4.69) is 36.0 Å². The number of rotatable bonds is 4. The molecule has 4 aliphatic carbocycles. The molecule has 1 unspecified atom stereocenters. The van der Waals surface area contributed by atoms with Gasteiger partial charge in [-0.2, -0.15) is 0 Å². The van der Waals surface area contributed by atoms with E-state index in [1.54, 1.807) is 0 Å². The fourth-order valence-corrected chi connectivity index (χ4v) is 7.48. The van der Waals surface area contributed by atoms with Gasteiger partial charge >= 0.3 is 0 Å². The topological polar surface area (TPSA) is 82.9 Å². The van der Waals surface area contributed by atoms with Crippen molar-refractivity contribution in [2.45, 2.75) is 71.6 Å². The largest absolute Gasteiger partial charge is 0.299 e. The second-order valence-electron chi connectivity index (χ2n) is 10.2. The van der Waals surface area contributed by atoms with Gasteiger partial charge in [-0.1, -0.05) is 31.1 Å². The van der Waals surface area contributed by atoms with Crippen molar-refractivity contribution in [3.63, 3.8) is 0 Å². The molecule has 0 heterocycles. The summed E-state index contributed by atoms with van der Waals surface area (Å²) in [7, 11) is 0. The first-order valence-corrected chi connectivity index (χ1v) is 11.1. The van der Waals surface area contributed by atoms with Crippen LogP contribution < -0.4 is 0 Å². The van der Waals surface area contributed by atoms with Crippen LogP contribution in [0.5, 0.6) is 0 Å². The van der Waals surface area contributed by atoms with Crippen molar-refractivity contribution >= 4 is 11.6 Å². The minimum absolute atomic E-state index is 0.114. The molecule has 4 saturated carbocycles. The fraction of sp³-hybridized carbons (Fsp3) is 0.826. The minimum atomic E-state index is -0.156. The van der Waals surface area contributed by atoms with Crippen molar-refractivity contribution in [2.75, 3.05) is 6.54 Å². The average molecular weight is 384 g/mol. The van der Waals surface area contributed by atoms with Crippen LogP contribution in [-0.4, -0.2) is 18.1 Å². The normalized spacial score (nSPS) is 45.3. The van der Waals surface area contributed by atoms with Crippen molar-refractivity contribution in [1.29, 1.82) is 0 Å². The van der Waals surface area contributed by atoms with E-state index in [4.69, 9.17) is 5.53 Å². The standard InChI is InChI=1S/C23H33N3O2/c1-22-10-8-15(5-3-4-12-25-26-24)13-19(22)20(27)14-16-17-6-7-21(28)23(17,2)11-9-18(16)22/h3,5,15-19H,4,6-14H2,1-2H3/b5-3-/t15-,16-,17-,18-,19?,22+,23-/m0/s1. The van der Waals surface area contributed by atoms with E-state index in [1.807, 2.05) is 0 Å². The number of nitrogens with zero attached hydrogens (tertiary/aromatic N) is 3. The quantitative estimate of drug-likeness (QED) is 0.207. The van der Waals surface area contributed by atoms with Gasteiger partial charge in [0.1, 0.15) is 11.6 Å². The summed E-state index contributed by atoms with van der Waals surface area (Å²) in [4.78, 5) is 28.6. The van der Waals surface area contributed by atoms with E-state index in [0.29, 0.717) is 48.2 Å². The van der Waals surface area contributed by atoms with Crippen LogP contribution in [0, 0.1) is 40.4 Å². The highest BCUT2D eigenvalue weighted by Gasteiger charge is 2.62. The third-order valence-electron chi connectivity index (χ3n) is 9.07. The molecule has 0 radical (unpaired) electrons. The molecule has 0 saturated heterocycles. The average Bonchev–Trinajstić information content (AvgIpc) is 2.98. The number of hydrogen-bond donors (Lipinski definition) is 0. The Morgan fingerprint density at radius 3 is 2.79 bits per heavy atom. The molecule has 0 amide bonds. The lowest BCUT2D eigenvalue weighted by Crippen LogP contribution is -2.56. The molecule has 0 aromatic heterocycles. The molecule has 0 spiro atoms. The van der Waals surface area contributed by atoms with Crippen LogP contribution in [0.4, 0.5) is 0 Å². The van der Waals surface area contributed by atoms with Crippen molar-refractivity contribution < 1.29 is 9.59 Å². The lowest BCUT2D eigenvalue weighted by atomic mass is 9.44. The Labute approximate surface area is 168 Å². The van der Waals surface area contributed by atoms with E-state index in [0.717, 1.165) is 51.4 Å². The van der Waals surface area contributed by atoms with E-state index < -0.39 is 0 Å². The van der Waals surface area contributed by atoms with Crippen molar-refractivity contribution in [1.82, 2.24) is 0 Å². The maximum Gasteiger partial charge on any atom is 0.139 e. The van der Waals surface area contributed by atoms with Crippen LogP contribution in [0.3, 0.4) is 0 Å². The zero-order valence-electron chi connectivity index (χ0n) is 17.3. The second kappa shape index (κ2) is 7.33. The van der Waals surface area contributed by atoms with Gasteiger partial charge in [0.15, 0.2) is 0 Å². The highest BCUT2D eigenvalue weighted by Crippen LogP contribution is 2.65. The van der Waals surface area contributed by atoms with E-state index in [1.165, 1.54) is 0 Å². The Kier molecular flexibility index (Phi) is 5.16. The molecule has 4 fully saturated rings. The number of Topliss-reactive ketones (excluding diaryl/α,β-unsaturated/α-hetero) is 2. The second-order valence-corrected chi connectivity index (χ2v) is 10.2. The molecule has 0 aromatic carbocycles. The molecule has 0 aromatic rings. The molecule has 4 rings (SSSR count). The summed E-state index contributed by atoms with van der Waals surface area (Å²) in [5, 5.41) is 3.58. The van der Waals surface area contributed by atoms with Gasteiger partial charge in [0.25, 0.3) is 0 Å². The summed E-state index contributed by atoms with van der Waals surface area (Å²) in [6, 6.07) is 0. The number of ketones is 2. The summed E-state index contributed by atoms with van der Waals surface area (Å²) >= 11 is 0. The minimum Gasteiger partial charge on any atom is -0.299 e. The molecular weight excluding hydrogens is 350 g/mol. The van der Waals surface area contributed by atoms with Crippen molar-refractivity contribution in [3.05, 3.63) is 22.6 Å². The summed E-state index contributed by atoms with van der Waals surface area (Å²) in [6.07, 6.45) is 12.9. The first-order valence-electron chi connectivity index (χ1n) is 11.1. The fourth-order valence-electron chi connectivity index (χ4n) is 7.48. The van der Waals surface area contributed by atoms with E-state index in [9.17, 15) is 9.59 Å². The first-order chi connectivity index (χ1) is 13.4. The monoisotopic (exact) mass is 383 g/mol. The molecule has 152 valence electrons. The molecule has 0 bridgehead atoms. The maximum absolute atomic E-state index is 13.3. The van der Waals surface area contributed by atoms with Gasteiger partial charge in [-0.05, 0) is 79.6 Å². The molecule has 4 aliphatic rings. The van der Waals surface area contributed by atoms with Gasteiger partial charge in [0.05, 0.1) is 0 Å². The zero-order chi connectivity index (χ0) is 19.9. The molecule has 0 N–H and O–H groups in total. The van der Waals surface area contributed by atoms with Crippen LogP contribution in [0.1, 0.15) is 71.6 Å². The molecule has 0 aliphatic heterocycles. The van der Waals surface area contributed by atoms with Crippen LogP contribution in [0.2, 0.25) is 0 Å². The van der Waals surface area contributed by atoms with E-state index >= 15 is 0 Å². The lowest BCUT2D eigenvalue weighted by molar-refractivity contribution is -0.157. The summed E-state index contributed by atoms with van der Waals surface area (Å²) in [6.45, 7) is 5.07. The highest BCUT2D eigenvalue weighted by molar-refractivity contribution is 5.88. The highest BCUT2D eigenvalue weighted by atomic mass is 16.1. The number of hydrogen-bond acceptors (Lipinski definition) is 3. The van der Waals surface area contributed by atoms with Crippen LogP contribution in [0.25, 0.3) is 10.4 Å². The molecule has 5 heteroatoms. The van der Waals surface area contributed by atoms with Crippen LogP contribution >= 0.6 is 0 Å². The lowest BCUT2D eigenvalue weighted by Gasteiger charge is -2.59. The Hall–Kier alpha value is -1.61. The number of carbonyl (C=O) groups is 2. The Balaban J connectivity index is 1.49. The number of fused-ring (bicyclic) bond motifs is 5. The van der Waals surface area contributed by atoms with Crippen LogP contribution in [-0.2, 0) is 9.59 Å². The third kappa shape index (κ3) is 3.03. The van der Waals surface area contributed by atoms with Crippen molar-refractivity contribution in [3.8, 4) is 0 Å². The van der Waals surface area contributed by atoms with Gasteiger partial charge < -0.3 is 0 Å². The number of allylic oxidation sites excluding steroid dienone is 1. The molecule has 28 heavy (non-hydrogen) atoms. The first kappa shape index (κ1) is 19.7. The predicted octanol–water partition coefficient (Wildman–Crippen LogP) is 5.65. The molecule has 5 nitrogen and oxygen atoms in total. The Bertz CT molecular complexity index is 740. The summed E-state index contributed by atoms with van der Waals surface area (Å²) in [5.41, 5.74) is 8.32. The number of carbonyl (C=O) groups excluding carboxylic acids is 2. The zero-order valence-corrected chi connectivity index (χ0v) is 17.3. The molecule has 7 atom stereocenters.